The fourth-order valence-corrected chi connectivity index (χ4v) is 3.85. The Morgan fingerprint density at radius 3 is 2.33 bits per heavy atom. The second-order valence-corrected chi connectivity index (χ2v) is 7.09. The van der Waals surface area contributed by atoms with Gasteiger partial charge in [-0.05, 0) is 57.6 Å². The first-order chi connectivity index (χ1) is 12.1. The van der Waals surface area contributed by atoms with Crippen LogP contribution in [0.5, 0.6) is 0 Å². The van der Waals surface area contributed by atoms with Crippen molar-refractivity contribution >= 4 is 36.4 Å². The van der Waals surface area contributed by atoms with E-state index in [0.29, 0.717) is 6.04 Å². The third kappa shape index (κ3) is 5.95. The molecule has 2 saturated heterocycles. The molecular weight excluding hydrogens is 390 g/mol. The molecule has 0 radical (unpaired) electrons. The molecule has 8 heteroatoms. The van der Waals surface area contributed by atoms with Crippen LogP contribution in [-0.2, 0) is 4.79 Å². The fraction of sp³-hybridized carbons (Fsp3) is 0.632. The molecule has 0 aliphatic carbocycles. The van der Waals surface area contributed by atoms with Gasteiger partial charge < -0.3 is 15.1 Å². The first kappa shape index (κ1) is 24.0. The summed E-state index contributed by atoms with van der Waals surface area (Å²) in [6.07, 6.45) is 2.33. The van der Waals surface area contributed by atoms with E-state index in [2.05, 4.69) is 15.1 Å². The van der Waals surface area contributed by atoms with Gasteiger partial charge in [-0.25, -0.2) is 4.39 Å². The van der Waals surface area contributed by atoms with Crippen LogP contribution < -0.4 is 10.2 Å². The highest BCUT2D eigenvalue weighted by Gasteiger charge is 2.31. The lowest BCUT2D eigenvalue weighted by atomic mass is 10.0. The maximum Gasteiger partial charge on any atom is 0.239 e. The third-order valence-electron chi connectivity index (χ3n) is 5.55. The molecule has 0 aromatic heterocycles. The van der Waals surface area contributed by atoms with E-state index in [9.17, 15) is 9.18 Å². The number of carbonyl (C=O) groups is 1. The predicted molar refractivity (Wildman–Crippen MR) is 113 cm³/mol. The zero-order chi connectivity index (χ0) is 17.8. The Hall–Kier alpha value is -1.08. The van der Waals surface area contributed by atoms with Crippen molar-refractivity contribution in [1.29, 1.82) is 0 Å². The van der Waals surface area contributed by atoms with Crippen LogP contribution in [0.4, 0.5) is 10.1 Å². The monoisotopic (exact) mass is 420 g/mol. The first-order valence-corrected chi connectivity index (χ1v) is 9.29. The number of anilines is 1. The molecule has 27 heavy (non-hydrogen) atoms. The summed E-state index contributed by atoms with van der Waals surface area (Å²) in [5.41, 5.74) is 1.02. The van der Waals surface area contributed by atoms with E-state index in [4.69, 9.17) is 0 Å². The molecule has 2 aliphatic rings. The number of halogens is 3. The number of likely N-dealkylation sites (tertiary alicyclic amines) is 1. The molecule has 2 heterocycles. The maximum atomic E-state index is 13.1. The van der Waals surface area contributed by atoms with E-state index in [0.717, 1.165) is 51.4 Å². The molecule has 2 atom stereocenters. The zero-order valence-corrected chi connectivity index (χ0v) is 17.7. The molecule has 0 bridgehead atoms. The Morgan fingerprint density at radius 1 is 1.11 bits per heavy atom. The van der Waals surface area contributed by atoms with Crippen LogP contribution in [0, 0.1) is 5.82 Å². The van der Waals surface area contributed by atoms with E-state index >= 15 is 0 Å². The Balaban J connectivity index is 0.00000182. The molecule has 3 rings (SSSR count). The lowest BCUT2D eigenvalue weighted by Gasteiger charge is -2.41. The Bertz CT molecular complexity index is 582. The summed E-state index contributed by atoms with van der Waals surface area (Å²) in [5, 5.41) is 3.34. The zero-order valence-electron chi connectivity index (χ0n) is 16.1. The van der Waals surface area contributed by atoms with Crippen LogP contribution in [0.1, 0.15) is 19.8 Å². The van der Waals surface area contributed by atoms with Crippen LogP contribution >= 0.6 is 24.8 Å². The SMILES string of the molecule is CNC1CCCN(C(C)C(=O)N2CCN(c3ccc(F)cc3)CC2)C1.Cl.Cl. The van der Waals surface area contributed by atoms with Crippen LogP contribution in [-0.4, -0.2) is 74.1 Å². The molecule has 0 spiro atoms. The van der Waals surface area contributed by atoms with Gasteiger partial charge in [0.15, 0.2) is 0 Å². The summed E-state index contributed by atoms with van der Waals surface area (Å²) in [6, 6.07) is 7.02. The van der Waals surface area contributed by atoms with E-state index in [1.165, 1.54) is 18.6 Å². The quantitative estimate of drug-likeness (QED) is 0.811. The standard InChI is InChI=1S/C19H29FN4O.2ClH/c1-15(24-9-3-4-17(14-24)21-2)19(25)23-12-10-22(11-13-23)18-7-5-16(20)6-8-18;;/h5-8,15,17,21H,3-4,9-14H2,1-2H3;2*1H. The summed E-state index contributed by atoms with van der Waals surface area (Å²) in [6.45, 7) is 7.02. The summed E-state index contributed by atoms with van der Waals surface area (Å²) >= 11 is 0. The number of piperidine rings is 1. The Kier molecular flexibility index (Phi) is 9.81. The van der Waals surface area contributed by atoms with Crippen molar-refractivity contribution < 1.29 is 9.18 Å². The number of amides is 1. The van der Waals surface area contributed by atoms with Crippen molar-refractivity contribution in [3.8, 4) is 0 Å². The largest absolute Gasteiger partial charge is 0.368 e. The molecule has 0 saturated carbocycles. The van der Waals surface area contributed by atoms with Gasteiger partial charge in [-0.15, -0.1) is 24.8 Å². The highest BCUT2D eigenvalue weighted by atomic mass is 35.5. The smallest absolute Gasteiger partial charge is 0.239 e. The maximum absolute atomic E-state index is 13.1. The van der Waals surface area contributed by atoms with Crippen molar-refractivity contribution in [3.05, 3.63) is 30.1 Å². The van der Waals surface area contributed by atoms with Gasteiger partial charge in [0.1, 0.15) is 5.82 Å². The van der Waals surface area contributed by atoms with Gasteiger partial charge >= 0.3 is 0 Å². The molecular formula is C19H31Cl2FN4O. The van der Waals surface area contributed by atoms with E-state index in [1.54, 1.807) is 12.1 Å². The molecule has 154 valence electrons. The minimum atomic E-state index is -0.215. The lowest BCUT2D eigenvalue weighted by Crippen LogP contribution is -2.57. The molecule has 2 aliphatic heterocycles. The number of likely N-dealkylation sites (N-methyl/N-ethyl adjacent to an activating group) is 1. The summed E-state index contributed by atoms with van der Waals surface area (Å²) in [7, 11) is 2.00. The van der Waals surface area contributed by atoms with E-state index in [-0.39, 0.29) is 42.6 Å². The number of carbonyl (C=O) groups excluding carboxylic acids is 1. The van der Waals surface area contributed by atoms with Gasteiger partial charge in [0.25, 0.3) is 0 Å². The second-order valence-electron chi connectivity index (χ2n) is 7.09. The summed E-state index contributed by atoms with van der Waals surface area (Å²) in [4.78, 5) is 19.4. The number of hydrogen-bond acceptors (Lipinski definition) is 4. The van der Waals surface area contributed by atoms with Crippen LogP contribution in [0.15, 0.2) is 24.3 Å². The molecule has 2 unspecified atom stereocenters. The normalized spacial score (nSPS) is 21.8. The molecule has 1 amide bonds. The number of nitrogens with one attached hydrogen (secondary N) is 1. The molecule has 1 aromatic rings. The minimum absolute atomic E-state index is 0. The molecule has 2 fully saturated rings. The first-order valence-electron chi connectivity index (χ1n) is 9.29. The highest BCUT2D eigenvalue weighted by Crippen LogP contribution is 2.19. The van der Waals surface area contributed by atoms with E-state index < -0.39 is 0 Å². The Labute approximate surface area is 174 Å². The van der Waals surface area contributed by atoms with Gasteiger partial charge in [-0.3, -0.25) is 9.69 Å². The van der Waals surface area contributed by atoms with E-state index in [1.807, 2.05) is 18.9 Å². The highest BCUT2D eigenvalue weighted by molar-refractivity contribution is 5.85. The van der Waals surface area contributed by atoms with Gasteiger partial charge in [-0.2, -0.15) is 0 Å². The van der Waals surface area contributed by atoms with Gasteiger partial charge in [0.05, 0.1) is 6.04 Å². The number of rotatable bonds is 4. The summed E-state index contributed by atoms with van der Waals surface area (Å²) < 4.78 is 13.1. The Morgan fingerprint density at radius 2 is 1.74 bits per heavy atom. The van der Waals surface area contributed by atoms with Crippen molar-refractivity contribution in [2.24, 2.45) is 0 Å². The van der Waals surface area contributed by atoms with Crippen molar-refractivity contribution in [2.45, 2.75) is 31.8 Å². The molecule has 1 aromatic carbocycles. The van der Waals surface area contributed by atoms with Crippen molar-refractivity contribution in [3.63, 3.8) is 0 Å². The van der Waals surface area contributed by atoms with Crippen molar-refractivity contribution in [2.75, 3.05) is 51.2 Å². The number of hydrogen-bond donors (Lipinski definition) is 1. The second kappa shape index (κ2) is 11.1. The van der Waals surface area contributed by atoms with Crippen LogP contribution in [0.2, 0.25) is 0 Å². The number of benzene rings is 1. The minimum Gasteiger partial charge on any atom is -0.368 e. The lowest BCUT2D eigenvalue weighted by molar-refractivity contribution is -0.137. The average molecular weight is 421 g/mol. The molecule has 1 N–H and O–H groups in total. The number of piperazine rings is 1. The average Bonchev–Trinajstić information content (AvgIpc) is 2.67. The fourth-order valence-electron chi connectivity index (χ4n) is 3.85. The van der Waals surface area contributed by atoms with Gasteiger partial charge in [0.2, 0.25) is 5.91 Å². The topological polar surface area (TPSA) is 38.8 Å². The van der Waals surface area contributed by atoms with Crippen molar-refractivity contribution in [1.82, 2.24) is 15.1 Å². The predicted octanol–water partition coefficient (Wildman–Crippen LogP) is 2.39. The van der Waals surface area contributed by atoms with Gasteiger partial charge in [0, 0.05) is 44.5 Å². The van der Waals surface area contributed by atoms with Crippen LogP contribution in [0.3, 0.4) is 0 Å². The summed E-state index contributed by atoms with van der Waals surface area (Å²) in [5.74, 6) is 0.0169. The van der Waals surface area contributed by atoms with Gasteiger partial charge in [-0.1, -0.05) is 0 Å². The molecule has 5 nitrogen and oxygen atoms in total. The third-order valence-corrected chi connectivity index (χ3v) is 5.55. The van der Waals surface area contributed by atoms with Crippen LogP contribution in [0.25, 0.3) is 0 Å². The number of nitrogens with zero attached hydrogens (tertiary/aromatic N) is 3.